The summed E-state index contributed by atoms with van der Waals surface area (Å²) in [6.45, 7) is 6.04. The van der Waals surface area contributed by atoms with E-state index in [0.29, 0.717) is 0 Å². The maximum atomic E-state index is 11.4. The van der Waals surface area contributed by atoms with Gasteiger partial charge in [0.2, 0.25) is 5.24 Å². The molecule has 0 saturated carbocycles. The first-order valence-corrected chi connectivity index (χ1v) is 5.94. The maximum absolute atomic E-state index is 11.4. The monoisotopic (exact) mass is 288 g/mol. The van der Waals surface area contributed by atoms with Crippen molar-refractivity contribution in [2.75, 3.05) is 0 Å². The molecule has 1 nitrogen and oxygen atoms in total. The number of rotatable bonds is 2. The molecule has 1 unspecified atom stereocenters. The minimum absolute atomic E-state index is 0.160. The SMILES string of the molecule is CC(C)(C)C(C(=O)Cl)c1ccc(Br)cc1. The van der Waals surface area contributed by atoms with Gasteiger partial charge in [-0.15, -0.1) is 0 Å². The lowest BCUT2D eigenvalue weighted by Crippen LogP contribution is -2.23. The molecule has 0 spiro atoms. The van der Waals surface area contributed by atoms with Crippen molar-refractivity contribution >= 4 is 32.8 Å². The number of halogens is 2. The van der Waals surface area contributed by atoms with Crippen molar-refractivity contribution < 1.29 is 4.79 Å². The summed E-state index contributed by atoms with van der Waals surface area (Å²) in [6, 6.07) is 7.71. The lowest BCUT2D eigenvalue weighted by molar-refractivity contribution is -0.115. The highest BCUT2D eigenvalue weighted by Crippen LogP contribution is 2.37. The van der Waals surface area contributed by atoms with Gasteiger partial charge in [0.25, 0.3) is 0 Å². The van der Waals surface area contributed by atoms with Gasteiger partial charge in [-0.2, -0.15) is 0 Å². The Balaban J connectivity index is 3.11. The van der Waals surface area contributed by atoms with E-state index in [2.05, 4.69) is 15.9 Å². The van der Waals surface area contributed by atoms with Gasteiger partial charge in [-0.3, -0.25) is 4.79 Å². The Bertz CT molecular complexity index is 351. The molecule has 0 amide bonds. The molecule has 1 aromatic carbocycles. The molecule has 3 heteroatoms. The summed E-state index contributed by atoms with van der Waals surface area (Å²) in [5.74, 6) is -0.257. The fourth-order valence-electron chi connectivity index (χ4n) is 1.63. The summed E-state index contributed by atoms with van der Waals surface area (Å²) in [5, 5.41) is -0.301. The van der Waals surface area contributed by atoms with Crippen LogP contribution in [0.4, 0.5) is 0 Å². The zero-order chi connectivity index (χ0) is 11.6. The van der Waals surface area contributed by atoms with Gasteiger partial charge < -0.3 is 0 Å². The molecule has 82 valence electrons. The predicted molar refractivity (Wildman–Crippen MR) is 67.2 cm³/mol. The molecule has 1 atom stereocenters. The summed E-state index contributed by atoms with van der Waals surface area (Å²) >= 11 is 9.02. The Morgan fingerprint density at radius 2 is 1.73 bits per heavy atom. The van der Waals surface area contributed by atoms with E-state index in [-0.39, 0.29) is 16.6 Å². The van der Waals surface area contributed by atoms with Crippen molar-refractivity contribution in [2.24, 2.45) is 5.41 Å². The van der Waals surface area contributed by atoms with Gasteiger partial charge in [0.1, 0.15) is 0 Å². The van der Waals surface area contributed by atoms with E-state index in [1.807, 2.05) is 45.0 Å². The highest BCUT2D eigenvalue weighted by Gasteiger charge is 2.31. The first-order chi connectivity index (χ1) is 6.82. The van der Waals surface area contributed by atoms with Crippen LogP contribution < -0.4 is 0 Å². The first kappa shape index (κ1) is 12.7. The average molecular weight is 290 g/mol. The number of carbonyl (C=O) groups excluding carboxylic acids is 1. The van der Waals surface area contributed by atoms with E-state index in [1.54, 1.807) is 0 Å². The van der Waals surface area contributed by atoms with Gasteiger partial charge in [-0.05, 0) is 34.7 Å². The lowest BCUT2D eigenvalue weighted by atomic mass is 9.77. The average Bonchev–Trinajstić information content (AvgIpc) is 2.05. The fourth-order valence-corrected chi connectivity index (χ4v) is 2.34. The second kappa shape index (κ2) is 4.67. The molecule has 15 heavy (non-hydrogen) atoms. The molecule has 0 aliphatic heterocycles. The minimum Gasteiger partial charge on any atom is -0.281 e. The van der Waals surface area contributed by atoms with Crippen LogP contribution in [0.3, 0.4) is 0 Å². The Hall–Kier alpha value is -0.340. The highest BCUT2D eigenvalue weighted by molar-refractivity contribution is 9.10. The molecule has 0 bridgehead atoms. The van der Waals surface area contributed by atoms with E-state index in [9.17, 15) is 4.79 Å². The summed E-state index contributed by atoms with van der Waals surface area (Å²) in [4.78, 5) is 11.4. The van der Waals surface area contributed by atoms with Crippen molar-refractivity contribution in [3.05, 3.63) is 34.3 Å². The summed E-state index contributed by atoms with van der Waals surface area (Å²) in [7, 11) is 0. The van der Waals surface area contributed by atoms with Crippen LogP contribution in [-0.2, 0) is 4.79 Å². The Labute approximate surface area is 104 Å². The zero-order valence-corrected chi connectivity index (χ0v) is 11.4. The molecule has 0 N–H and O–H groups in total. The van der Waals surface area contributed by atoms with Gasteiger partial charge in [0.05, 0.1) is 5.92 Å². The maximum Gasteiger partial charge on any atom is 0.229 e. The summed E-state index contributed by atoms with van der Waals surface area (Å²) in [5.41, 5.74) is 0.804. The Morgan fingerprint density at radius 1 is 1.27 bits per heavy atom. The van der Waals surface area contributed by atoms with Gasteiger partial charge >= 0.3 is 0 Å². The number of benzene rings is 1. The Morgan fingerprint density at radius 3 is 2.07 bits per heavy atom. The largest absolute Gasteiger partial charge is 0.281 e. The standard InChI is InChI=1S/C12H14BrClO/c1-12(2,3)10(11(14)15)8-4-6-9(13)7-5-8/h4-7,10H,1-3H3. The van der Waals surface area contributed by atoms with Crippen molar-refractivity contribution in [1.29, 1.82) is 0 Å². The van der Waals surface area contributed by atoms with E-state index in [4.69, 9.17) is 11.6 Å². The molecular formula is C12H14BrClO. The minimum atomic E-state index is -0.301. The molecule has 1 aromatic rings. The summed E-state index contributed by atoms with van der Waals surface area (Å²) in [6.07, 6.45) is 0. The normalized spacial score (nSPS) is 13.7. The molecule has 0 aromatic heterocycles. The quantitative estimate of drug-likeness (QED) is 0.740. The molecule has 0 fully saturated rings. The second-order valence-corrected chi connectivity index (χ2v) is 5.94. The van der Waals surface area contributed by atoms with Crippen molar-refractivity contribution in [2.45, 2.75) is 26.7 Å². The van der Waals surface area contributed by atoms with Crippen molar-refractivity contribution in [3.63, 3.8) is 0 Å². The molecule has 0 heterocycles. The second-order valence-electron chi connectivity index (χ2n) is 4.65. The number of hydrogen-bond donors (Lipinski definition) is 0. The van der Waals surface area contributed by atoms with Crippen LogP contribution in [0.1, 0.15) is 32.3 Å². The molecule has 0 radical (unpaired) electrons. The molecular weight excluding hydrogens is 275 g/mol. The summed E-state index contributed by atoms with van der Waals surface area (Å²) < 4.78 is 1.00. The van der Waals surface area contributed by atoms with Gasteiger partial charge in [-0.25, -0.2) is 0 Å². The van der Waals surface area contributed by atoms with Crippen LogP contribution in [0.15, 0.2) is 28.7 Å². The zero-order valence-electron chi connectivity index (χ0n) is 9.05. The third-order valence-corrected chi connectivity index (χ3v) is 3.04. The van der Waals surface area contributed by atoms with Crippen LogP contribution in [0, 0.1) is 5.41 Å². The van der Waals surface area contributed by atoms with Crippen LogP contribution in [0.25, 0.3) is 0 Å². The Kier molecular flexibility index (Phi) is 3.96. The number of hydrogen-bond acceptors (Lipinski definition) is 1. The van der Waals surface area contributed by atoms with E-state index in [1.165, 1.54) is 0 Å². The van der Waals surface area contributed by atoms with E-state index < -0.39 is 0 Å². The molecule has 1 rings (SSSR count). The van der Waals surface area contributed by atoms with E-state index in [0.717, 1.165) is 10.0 Å². The van der Waals surface area contributed by atoms with Gasteiger partial charge in [0.15, 0.2) is 0 Å². The lowest BCUT2D eigenvalue weighted by Gasteiger charge is -2.27. The van der Waals surface area contributed by atoms with E-state index >= 15 is 0 Å². The van der Waals surface area contributed by atoms with Gasteiger partial charge in [0, 0.05) is 4.47 Å². The van der Waals surface area contributed by atoms with Crippen LogP contribution in [0.2, 0.25) is 0 Å². The fraction of sp³-hybridized carbons (Fsp3) is 0.417. The van der Waals surface area contributed by atoms with Crippen molar-refractivity contribution in [3.8, 4) is 0 Å². The molecule has 0 aliphatic rings. The van der Waals surface area contributed by atoms with Crippen molar-refractivity contribution in [1.82, 2.24) is 0 Å². The molecule has 0 saturated heterocycles. The highest BCUT2D eigenvalue weighted by atomic mass is 79.9. The smallest absolute Gasteiger partial charge is 0.229 e. The molecule has 0 aliphatic carbocycles. The topological polar surface area (TPSA) is 17.1 Å². The number of carbonyl (C=O) groups is 1. The van der Waals surface area contributed by atoms with Crippen LogP contribution in [0.5, 0.6) is 0 Å². The van der Waals surface area contributed by atoms with Crippen LogP contribution in [-0.4, -0.2) is 5.24 Å². The van der Waals surface area contributed by atoms with Crippen LogP contribution >= 0.6 is 27.5 Å². The third kappa shape index (κ3) is 3.32. The van der Waals surface area contributed by atoms with Gasteiger partial charge in [-0.1, -0.05) is 48.8 Å². The first-order valence-electron chi connectivity index (χ1n) is 4.77. The third-order valence-electron chi connectivity index (χ3n) is 2.30. The predicted octanol–water partition coefficient (Wildman–Crippen LogP) is 4.34.